The molecule has 30 heavy (non-hydrogen) atoms. The summed E-state index contributed by atoms with van der Waals surface area (Å²) in [6.07, 6.45) is 0. The van der Waals surface area contributed by atoms with Crippen molar-refractivity contribution in [2.45, 2.75) is 19.8 Å². The van der Waals surface area contributed by atoms with Gasteiger partial charge in [-0.2, -0.15) is 0 Å². The van der Waals surface area contributed by atoms with Crippen molar-refractivity contribution in [2.75, 3.05) is 17.3 Å². The van der Waals surface area contributed by atoms with Crippen LogP contribution in [0.2, 0.25) is 0 Å². The Morgan fingerprint density at radius 3 is 2.73 bits per heavy atom. The van der Waals surface area contributed by atoms with Gasteiger partial charge < -0.3 is 15.0 Å². The lowest BCUT2D eigenvalue weighted by molar-refractivity contribution is -0.150. The third-order valence-electron chi connectivity index (χ3n) is 4.43. The van der Waals surface area contributed by atoms with E-state index in [9.17, 15) is 24.0 Å². The summed E-state index contributed by atoms with van der Waals surface area (Å²) in [7, 11) is 0. The minimum atomic E-state index is -1.47. The van der Waals surface area contributed by atoms with Crippen LogP contribution in [0.25, 0.3) is 0 Å². The average molecular weight is 501 g/mol. The lowest BCUT2D eigenvalue weighted by Gasteiger charge is -2.49. The third-order valence-corrected chi connectivity index (χ3v) is 10.6. The second-order valence-electron chi connectivity index (χ2n) is 6.36. The van der Waals surface area contributed by atoms with Crippen LogP contribution in [0.1, 0.15) is 0 Å². The van der Waals surface area contributed by atoms with Crippen LogP contribution in [0.4, 0.5) is 0 Å². The van der Waals surface area contributed by atoms with E-state index in [1.807, 2.05) is 17.5 Å². The second kappa shape index (κ2) is 9.37. The minimum Gasteiger partial charge on any atom is -0.610 e. The lowest BCUT2D eigenvalue weighted by Crippen LogP contribution is -2.70. The molecule has 2 amide bonds. The number of fused-ring (bicyclic) bond motifs is 1. The highest BCUT2D eigenvalue weighted by atomic mass is 32.2. The van der Waals surface area contributed by atoms with E-state index in [4.69, 9.17) is 0 Å². The molecule has 0 saturated carbocycles. The number of β-lactam (4-membered cyclic amide) rings is 1. The van der Waals surface area contributed by atoms with Crippen molar-refractivity contribution in [1.82, 2.24) is 10.2 Å². The molecule has 0 aromatic carbocycles. The van der Waals surface area contributed by atoms with E-state index in [2.05, 4.69) is 5.32 Å². The fraction of sp³-hybridized carbons (Fsp3) is 0.278. The molecule has 4 rings (SSSR count). The van der Waals surface area contributed by atoms with Crippen molar-refractivity contribution in [3.63, 3.8) is 0 Å². The smallest absolute Gasteiger partial charge is 0.352 e. The Labute approximate surface area is 192 Å². The van der Waals surface area contributed by atoms with E-state index in [1.54, 1.807) is 40.6 Å². The van der Waals surface area contributed by atoms with Crippen LogP contribution in [0.5, 0.6) is 0 Å². The van der Waals surface area contributed by atoms with Gasteiger partial charge >= 0.3 is 5.97 Å². The number of nitrogens with one attached hydrogen (secondary N) is 1. The van der Waals surface area contributed by atoms with Crippen molar-refractivity contribution < 1.29 is 24.0 Å². The molecule has 2 unspecified atom stereocenters. The highest BCUT2D eigenvalue weighted by Crippen LogP contribution is 2.41. The summed E-state index contributed by atoms with van der Waals surface area (Å²) < 4.78 is 13.9. The van der Waals surface area contributed by atoms with Crippen LogP contribution in [-0.4, -0.2) is 61.0 Å². The molecule has 2 N–H and O–H groups in total. The topological polar surface area (TPSA) is 110 Å². The molecular formula is C18H16N2O5S5. The average Bonchev–Trinajstić information content (AvgIpc) is 3.43. The van der Waals surface area contributed by atoms with Gasteiger partial charge in [0.15, 0.2) is 5.75 Å². The van der Waals surface area contributed by atoms with Gasteiger partial charge in [0.05, 0.1) is 4.21 Å². The maximum atomic E-state index is 12.7. The van der Waals surface area contributed by atoms with Gasteiger partial charge in [0.2, 0.25) is 4.21 Å². The van der Waals surface area contributed by atoms with Crippen molar-refractivity contribution in [3.8, 4) is 0 Å². The summed E-state index contributed by atoms with van der Waals surface area (Å²) in [6, 6.07) is 6.55. The molecule has 0 bridgehead atoms. The zero-order chi connectivity index (χ0) is 21.3. The van der Waals surface area contributed by atoms with Gasteiger partial charge in [-0.05, 0) is 28.5 Å². The fourth-order valence-electron chi connectivity index (χ4n) is 3.10. The fourth-order valence-corrected chi connectivity index (χ4v) is 8.28. The first-order chi connectivity index (χ1) is 14.5. The second-order valence-corrected chi connectivity index (χ2v) is 12.3. The summed E-state index contributed by atoms with van der Waals surface area (Å²) in [5, 5.41) is 15.6. The van der Waals surface area contributed by atoms with E-state index < -0.39 is 40.4 Å². The molecule has 1 saturated heterocycles. The van der Waals surface area contributed by atoms with Gasteiger partial charge in [0.1, 0.15) is 17.1 Å². The maximum Gasteiger partial charge on any atom is 0.352 e. The number of nitrogens with zero attached hydrogens (tertiary/aromatic N) is 1. The summed E-state index contributed by atoms with van der Waals surface area (Å²) in [6.45, 7) is 0. The van der Waals surface area contributed by atoms with Crippen LogP contribution in [0, 0.1) is 0 Å². The van der Waals surface area contributed by atoms with E-state index in [0.29, 0.717) is 21.3 Å². The molecule has 0 aliphatic carbocycles. The van der Waals surface area contributed by atoms with Crippen molar-refractivity contribution in [3.05, 3.63) is 46.3 Å². The Bertz CT molecular complexity index is 975. The maximum absolute atomic E-state index is 12.7. The summed E-state index contributed by atoms with van der Waals surface area (Å²) in [5.41, 5.74) is 0.708. The van der Waals surface area contributed by atoms with Crippen LogP contribution in [0.3, 0.4) is 0 Å². The number of amides is 2. The Kier molecular flexibility index (Phi) is 6.80. The summed E-state index contributed by atoms with van der Waals surface area (Å²) in [5.74, 6) is -1.34. The number of carboxylic acids is 1. The van der Waals surface area contributed by atoms with Gasteiger partial charge in [-0.1, -0.05) is 17.4 Å². The highest BCUT2D eigenvalue weighted by molar-refractivity contribution is 8.02. The summed E-state index contributed by atoms with van der Waals surface area (Å²) in [4.78, 5) is 38.1. The number of thioether (sulfide) groups is 2. The highest BCUT2D eigenvalue weighted by Gasteiger charge is 2.54. The number of rotatable bonds is 8. The molecule has 4 heterocycles. The Morgan fingerprint density at radius 2 is 2.07 bits per heavy atom. The Balaban J connectivity index is 1.40. The van der Waals surface area contributed by atoms with Gasteiger partial charge in [-0.25, -0.2) is 4.79 Å². The Hall–Kier alpha value is -1.44. The molecule has 0 spiro atoms. The van der Waals surface area contributed by atoms with Crippen molar-refractivity contribution in [2.24, 2.45) is 0 Å². The van der Waals surface area contributed by atoms with Crippen molar-refractivity contribution >= 4 is 75.2 Å². The van der Waals surface area contributed by atoms with Gasteiger partial charge in [0.25, 0.3) is 11.8 Å². The molecule has 12 heteroatoms. The molecule has 3 atom stereocenters. The van der Waals surface area contributed by atoms with Crippen LogP contribution >= 0.6 is 46.2 Å². The van der Waals surface area contributed by atoms with Gasteiger partial charge in [0, 0.05) is 28.7 Å². The van der Waals surface area contributed by atoms with Crippen molar-refractivity contribution in [1.29, 1.82) is 0 Å². The number of carbonyl (C=O) groups is 3. The van der Waals surface area contributed by atoms with Crippen LogP contribution in [0.15, 0.2) is 54.7 Å². The van der Waals surface area contributed by atoms with E-state index in [0.717, 1.165) is 4.21 Å². The van der Waals surface area contributed by atoms with Crippen LogP contribution < -0.4 is 5.32 Å². The van der Waals surface area contributed by atoms with Crippen LogP contribution in [-0.2, 0) is 25.6 Å². The lowest BCUT2D eigenvalue weighted by atomic mass is 10.0. The molecule has 158 valence electrons. The predicted molar refractivity (Wildman–Crippen MR) is 120 cm³/mol. The molecule has 2 aliphatic rings. The predicted octanol–water partition coefficient (Wildman–Crippen LogP) is 2.45. The first-order valence-electron chi connectivity index (χ1n) is 8.73. The van der Waals surface area contributed by atoms with E-state index >= 15 is 0 Å². The normalized spacial score (nSPS) is 21.8. The summed E-state index contributed by atoms with van der Waals surface area (Å²) >= 11 is 4.40. The first-order valence-corrected chi connectivity index (χ1v) is 13.8. The Morgan fingerprint density at radius 1 is 1.30 bits per heavy atom. The minimum absolute atomic E-state index is 0.0143. The molecule has 1 fully saturated rings. The zero-order valence-corrected chi connectivity index (χ0v) is 19.4. The molecule has 2 aromatic heterocycles. The van der Waals surface area contributed by atoms with Gasteiger partial charge in [-0.15, -0.1) is 34.9 Å². The number of thiophene rings is 2. The standard InChI is InChI=1S/C18H16N2O5S5/c21-11(9-30(25)13-4-2-6-27-13)19-14-16(22)20-15(18(23)24)10(8-29-17(14)20)7-28-12-3-1-5-26-12/h1-6,14,17H,7-9H2,(H,19,21)(H,23,24)/t14?,17-,30?/m0/s1. The first kappa shape index (κ1) is 21.8. The number of hydrogen-bond acceptors (Lipinski definition) is 8. The largest absolute Gasteiger partial charge is 0.610 e. The molecular weight excluding hydrogens is 485 g/mol. The zero-order valence-electron chi connectivity index (χ0n) is 15.3. The molecule has 2 aromatic rings. The quantitative estimate of drug-likeness (QED) is 0.325. The third kappa shape index (κ3) is 4.43. The number of carbonyl (C=O) groups excluding carboxylic acids is 2. The monoisotopic (exact) mass is 500 g/mol. The van der Waals surface area contributed by atoms with Gasteiger partial charge in [-0.3, -0.25) is 14.5 Å². The molecule has 7 nitrogen and oxygen atoms in total. The van der Waals surface area contributed by atoms with E-state index in [-0.39, 0.29) is 11.4 Å². The molecule has 0 radical (unpaired) electrons. The number of carboxylic acid groups (broad SMARTS) is 1. The molecule has 2 aliphatic heterocycles. The van der Waals surface area contributed by atoms with E-state index in [1.165, 1.54) is 28.0 Å². The number of hydrogen-bond donors (Lipinski definition) is 2. The SMILES string of the molecule is O=C(C[S+]([O-])c1cccs1)NC1C(=O)N2C(C(=O)O)=C(CSc3cccs3)CS[C@@H]12. The number of aliphatic carboxylic acids is 1.